The van der Waals surface area contributed by atoms with Gasteiger partial charge >= 0.3 is 6.04 Å². The molecule has 1 aliphatic heterocycles. The van der Waals surface area contributed by atoms with Crippen LogP contribution in [0.15, 0.2) is 0 Å². The third-order valence-electron chi connectivity index (χ3n) is 1.40. The fourth-order valence-electron chi connectivity index (χ4n) is 0.748. The Kier molecular flexibility index (Phi) is 2.01. The number of halogens is 1. The predicted octanol–water partition coefficient (Wildman–Crippen LogP) is 0.636. The Morgan fingerprint density at radius 1 is 1.50 bits per heavy atom. The Hall–Kier alpha value is -0.480. The summed E-state index contributed by atoms with van der Waals surface area (Å²) in [5, 5.41) is 0. The summed E-state index contributed by atoms with van der Waals surface area (Å²) >= 11 is 0. The second kappa shape index (κ2) is 2.64. The number of rotatable bonds is 1. The number of carbonyl (C=O) groups excluding carboxylic acids is 1. The van der Waals surface area contributed by atoms with Crippen molar-refractivity contribution >= 4 is 6.04 Å². The van der Waals surface area contributed by atoms with Crippen LogP contribution in [0.25, 0.3) is 0 Å². The smallest absolute Gasteiger partial charge is 0.342 e. The van der Waals surface area contributed by atoms with Crippen molar-refractivity contribution in [3.8, 4) is 0 Å². The molecule has 0 N–H and O–H groups in total. The highest BCUT2D eigenvalue weighted by molar-refractivity contribution is 5.76. The van der Waals surface area contributed by atoms with Crippen LogP contribution in [0.5, 0.6) is 0 Å². The first-order valence-corrected chi connectivity index (χ1v) is 3.13. The van der Waals surface area contributed by atoms with Crippen LogP contribution in [0.1, 0.15) is 13.3 Å². The normalized spacial score (nSPS) is 24.2. The maximum atomic E-state index is 12.1. The largest absolute Gasteiger partial charge is 0.360 e. The van der Waals surface area contributed by atoms with Gasteiger partial charge in [0, 0.05) is 6.92 Å². The molecule has 0 amide bonds. The SMILES string of the molecule is CC1(C(=O)F)OCCCO1. The molecule has 1 rings (SSSR count). The van der Waals surface area contributed by atoms with Gasteiger partial charge in [0.2, 0.25) is 0 Å². The molecule has 58 valence electrons. The summed E-state index contributed by atoms with van der Waals surface area (Å²) in [7, 11) is 0. The van der Waals surface area contributed by atoms with E-state index in [1.807, 2.05) is 0 Å². The minimum absolute atomic E-state index is 0.381. The molecule has 1 heterocycles. The molecule has 0 saturated carbocycles. The van der Waals surface area contributed by atoms with Gasteiger partial charge in [0.15, 0.2) is 0 Å². The Bertz CT molecular complexity index is 140. The van der Waals surface area contributed by atoms with E-state index < -0.39 is 11.8 Å². The zero-order chi connectivity index (χ0) is 7.61. The van der Waals surface area contributed by atoms with Gasteiger partial charge in [-0.3, -0.25) is 4.79 Å². The summed E-state index contributed by atoms with van der Waals surface area (Å²) in [4.78, 5) is 10.2. The monoisotopic (exact) mass is 148 g/mol. The van der Waals surface area contributed by atoms with Gasteiger partial charge in [0.05, 0.1) is 13.2 Å². The van der Waals surface area contributed by atoms with E-state index in [-0.39, 0.29) is 0 Å². The van der Waals surface area contributed by atoms with Crippen molar-refractivity contribution in [2.45, 2.75) is 19.1 Å². The molecule has 0 atom stereocenters. The van der Waals surface area contributed by atoms with E-state index in [1.165, 1.54) is 6.92 Å². The van der Waals surface area contributed by atoms with Gasteiger partial charge in [0.25, 0.3) is 5.79 Å². The second-order valence-electron chi connectivity index (χ2n) is 2.27. The maximum Gasteiger partial charge on any atom is 0.360 e. The highest BCUT2D eigenvalue weighted by atomic mass is 19.1. The lowest BCUT2D eigenvalue weighted by Gasteiger charge is -2.28. The molecule has 0 spiro atoms. The fourth-order valence-corrected chi connectivity index (χ4v) is 0.748. The van der Waals surface area contributed by atoms with Crippen LogP contribution in [0.4, 0.5) is 4.39 Å². The summed E-state index contributed by atoms with van der Waals surface area (Å²) in [6.45, 7) is 2.05. The number of ether oxygens (including phenoxy) is 2. The van der Waals surface area contributed by atoms with Gasteiger partial charge in [-0.1, -0.05) is 0 Å². The molecule has 1 fully saturated rings. The Morgan fingerprint density at radius 3 is 2.30 bits per heavy atom. The molecule has 0 unspecified atom stereocenters. The Balaban J connectivity index is 2.56. The first kappa shape index (κ1) is 7.63. The lowest BCUT2D eigenvalue weighted by atomic mass is 10.3. The van der Waals surface area contributed by atoms with Crippen LogP contribution in [-0.4, -0.2) is 25.0 Å². The molecular weight excluding hydrogens is 139 g/mol. The quantitative estimate of drug-likeness (QED) is 0.512. The van der Waals surface area contributed by atoms with Gasteiger partial charge in [-0.05, 0) is 6.42 Å². The van der Waals surface area contributed by atoms with E-state index in [4.69, 9.17) is 9.47 Å². The summed E-state index contributed by atoms with van der Waals surface area (Å²) < 4.78 is 21.6. The molecule has 0 aromatic rings. The van der Waals surface area contributed by atoms with Crippen molar-refractivity contribution in [1.82, 2.24) is 0 Å². The second-order valence-corrected chi connectivity index (χ2v) is 2.27. The first-order valence-electron chi connectivity index (χ1n) is 3.13. The Labute approximate surface area is 58.1 Å². The van der Waals surface area contributed by atoms with Crippen molar-refractivity contribution < 1.29 is 18.7 Å². The number of hydrogen-bond acceptors (Lipinski definition) is 3. The van der Waals surface area contributed by atoms with Gasteiger partial charge in [-0.2, -0.15) is 4.39 Å². The van der Waals surface area contributed by atoms with E-state index in [1.54, 1.807) is 0 Å². The summed E-state index contributed by atoms with van der Waals surface area (Å²) in [6.07, 6.45) is 0.711. The molecule has 0 radical (unpaired) electrons. The van der Waals surface area contributed by atoms with E-state index in [0.29, 0.717) is 19.6 Å². The molecule has 10 heavy (non-hydrogen) atoms. The molecular formula is C6H9FO3. The topological polar surface area (TPSA) is 35.5 Å². The molecule has 0 aliphatic carbocycles. The van der Waals surface area contributed by atoms with Gasteiger partial charge in [-0.25, -0.2) is 0 Å². The molecule has 0 bridgehead atoms. The maximum absolute atomic E-state index is 12.1. The van der Waals surface area contributed by atoms with Crippen LogP contribution < -0.4 is 0 Å². The molecule has 4 heteroatoms. The summed E-state index contributed by atoms with van der Waals surface area (Å²) in [5.74, 6) is -1.63. The average Bonchev–Trinajstić information content (AvgIpc) is 1.89. The summed E-state index contributed by atoms with van der Waals surface area (Å²) in [5.41, 5.74) is 0. The molecule has 0 aromatic heterocycles. The summed E-state index contributed by atoms with van der Waals surface area (Å²) in [6, 6.07) is -1.56. The zero-order valence-corrected chi connectivity index (χ0v) is 5.72. The van der Waals surface area contributed by atoms with Crippen LogP contribution in [0.2, 0.25) is 0 Å². The van der Waals surface area contributed by atoms with Gasteiger partial charge in [0.1, 0.15) is 0 Å². The van der Waals surface area contributed by atoms with Crippen LogP contribution >= 0.6 is 0 Å². The highest BCUT2D eigenvalue weighted by Gasteiger charge is 2.37. The van der Waals surface area contributed by atoms with Crippen molar-refractivity contribution in [3.63, 3.8) is 0 Å². The lowest BCUT2D eigenvalue weighted by molar-refractivity contribution is -0.251. The van der Waals surface area contributed by atoms with Crippen LogP contribution in [0, 0.1) is 0 Å². The zero-order valence-electron chi connectivity index (χ0n) is 5.72. The van der Waals surface area contributed by atoms with Crippen LogP contribution in [-0.2, 0) is 14.3 Å². The van der Waals surface area contributed by atoms with Crippen molar-refractivity contribution in [2.24, 2.45) is 0 Å². The average molecular weight is 148 g/mol. The molecule has 3 nitrogen and oxygen atoms in total. The van der Waals surface area contributed by atoms with Gasteiger partial charge in [-0.15, -0.1) is 0 Å². The third-order valence-corrected chi connectivity index (χ3v) is 1.40. The minimum Gasteiger partial charge on any atom is -0.342 e. The molecule has 1 aliphatic rings. The number of carbonyl (C=O) groups is 1. The lowest BCUT2D eigenvalue weighted by Crippen LogP contribution is -2.43. The van der Waals surface area contributed by atoms with Gasteiger partial charge < -0.3 is 9.47 Å². The highest BCUT2D eigenvalue weighted by Crippen LogP contribution is 2.19. The van der Waals surface area contributed by atoms with Crippen LogP contribution in [0.3, 0.4) is 0 Å². The van der Waals surface area contributed by atoms with Crippen molar-refractivity contribution in [2.75, 3.05) is 13.2 Å². The first-order chi connectivity index (χ1) is 4.65. The molecule has 0 aromatic carbocycles. The van der Waals surface area contributed by atoms with Crippen molar-refractivity contribution in [3.05, 3.63) is 0 Å². The standard InChI is InChI=1S/C6H9FO3/c1-6(5(7)8)9-3-2-4-10-6/h2-4H2,1H3. The van der Waals surface area contributed by atoms with Crippen molar-refractivity contribution in [1.29, 1.82) is 0 Å². The Morgan fingerprint density at radius 2 is 2.00 bits per heavy atom. The number of hydrogen-bond donors (Lipinski definition) is 0. The van der Waals surface area contributed by atoms with E-state index in [0.717, 1.165) is 0 Å². The van der Waals surface area contributed by atoms with E-state index in [2.05, 4.69) is 0 Å². The third kappa shape index (κ3) is 1.33. The predicted molar refractivity (Wildman–Crippen MR) is 31.0 cm³/mol. The van der Waals surface area contributed by atoms with E-state index in [9.17, 15) is 9.18 Å². The van der Waals surface area contributed by atoms with E-state index >= 15 is 0 Å². The molecule has 1 saturated heterocycles. The minimum atomic E-state index is -1.63. The fraction of sp³-hybridized carbons (Fsp3) is 0.833.